The lowest BCUT2D eigenvalue weighted by Crippen LogP contribution is -1.94. The van der Waals surface area contributed by atoms with Crippen LogP contribution in [0.4, 0.5) is 5.13 Å². The Hall–Kier alpha value is -1.56. The molecule has 2 aromatic rings. The lowest BCUT2D eigenvalue weighted by Gasteiger charge is -1.92. The minimum Gasteiger partial charge on any atom is -0.360 e. The molecule has 0 spiro atoms. The van der Waals surface area contributed by atoms with Gasteiger partial charge in [-0.3, -0.25) is 9.97 Å². The third-order valence-corrected chi connectivity index (χ3v) is 2.44. The molecule has 0 aliphatic heterocycles. The Labute approximate surface area is 85.3 Å². The van der Waals surface area contributed by atoms with Crippen LogP contribution in [0.5, 0.6) is 0 Å². The summed E-state index contributed by atoms with van der Waals surface area (Å²) >= 11 is 1.47. The minimum atomic E-state index is 0.758. The molecule has 14 heavy (non-hydrogen) atoms. The number of hydrogen-bond acceptors (Lipinski definition) is 6. The molecule has 2 heterocycles. The normalized spacial score (nSPS) is 10.1. The van der Waals surface area contributed by atoms with Crippen molar-refractivity contribution in [1.29, 1.82) is 0 Å². The Morgan fingerprint density at radius 1 is 1.36 bits per heavy atom. The summed E-state index contributed by atoms with van der Waals surface area (Å²) in [5.74, 6) is 0. The zero-order valence-corrected chi connectivity index (χ0v) is 8.45. The number of anilines is 1. The molecule has 0 aliphatic rings. The maximum atomic E-state index is 4.14. The quantitative estimate of drug-likeness (QED) is 0.824. The van der Waals surface area contributed by atoms with Gasteiger partial charge in [-0.25, -0.2) is 0 Å². The number of hydrogen-bond donors (Lipinski definition) is 1. The van der Waals surface area contributed by atoms with Crippen LogP contribution in [0.2, 0.25) is 0 Å². The molecule has 0 unspecified atom stereocenters. The van der Waals surface area contributed by atoms with Gasteiger partial charge in [0.25, 0.3) is 0 Å². The first-order valence-corrected chi connectivity index (χ1v) is 5.05. The highest BCUT2D eigenvalue weighted by Crippen LogP contribution is 2.23. The standard InChI is InChI=1S/C8H9N5S/c1-2-10-8-13-12-7(14-8)6-5-9-3-4-11-6/h3-5H,2H2,1H3,(H,10,13). The molecule has 1 N–H and O–H groups in total. The molecule has 2 aromatic heterocycles. The predicted octanol–water partition coefficient (Wildman–Crippen LogP) is 1.43. The van der Waals surface area contributed by atoms with Gasteiger partial charge in [-0.2, -0.15) is 0 Å². The largest absolute Gasteiger partial charge is 0.360 e. The van der Waals surface area contributed by atoms with E-state index in [1.807, 2.05) is 6.92 Å². The highest BCUT2D eigenvalue weighted by atomic mass is 32.1. The second-order valence-corrected chi connectivity index (χ2v) is 3.51. The van der Waals surface area contributed by atoms with Crippen molar-refractivity contribution < 1.29 is 0 Å². The lowest BCUT2D eigenvalue weighted by atomic mass is 10.5. The third kappa shape index (κ3) is 1.85. The summed E-state index contributed by atoms with van der Waals surface area (Å²) in [6, 6.07) is 0. The second kappa shape index (κ2) is 4.10. The molecule has 0 saturated heterocycles. The van der Waals surface area contributed by atoms with E-state index in [1.54, 1.807) is 18.6 Å². The van der Waals surface area contributed by atoms with Crippen molar-refractivity contribution in [2.45, 2.75) is 6.92 Å². The van der Waals surface area contributed by atoms with E-state index in [4.69, 9.17) is 0 Å². The number of nitrogens with one attached hydrogen (secondary N) is 1. The molecule has 72 valence electrons. The zero-order valence-electron chi connectivity index (χ0n) is 7.64. The van der Waals surface area contributed by atoms with Gasteiger partial charge >= 0.3 is 0 Å². The Morgan fingerprint density at radius 2 is 2.29 bits per heavy atom. The van der Waals surface area contributed by atoms with E-state index >= 15 is 0 Å². The summed E-state index contributed by atoms with van der Waals surface area (Å²) in [6.45, 7) is 2.86. The summed E-state index contributed by atoms with van der Waals surface area (Å²) in [5.41, 5.74) is 0.758. The topological polar surface area (TPSA) is 63.6 Å². The SMILES string of the molecule is CCNc1nnc(-c2cnccn2)s1. The lowest BCUT2D eigenvalue weighted by molar-refractivity contribution is 1.06. The first-order chi connectivity index (χ1) is 6.90. The van der Waals surface area contributed by atoms with E-state index in [0.29, 0.717) is 0 Å². The van der Waals surface area contributed by atoms with Gasteiger partial charge in [0.2, 0.25) is 5.13 Å². The van der Waals surface area contributed by atoms with Crippen molar-refractivity contribution in [2.24, 2.45) is 0 Å². The van der Waals surface area contributed by atoms with Crippen LogP contribution in [0.25, 0.3) is 10.7 Å². The Morgan fingerprint density at radius 3 is 3.00 bits per heavy atom. The molecule has 0 aliphatic carbocycles. The van der Waals surface area contributed by atoms with Gasteiger partial charge in [0.1, 0.15) is 5.69 Å². The molecule has 0 bridgehead atoms. The van der Waals surface area contributed by atoms with E-state index in [9.17, 15) is 0 Å². The molecule has 0 aromatic carbocycles. The molecular weight excluding hydrogens is 198 g/mol. The van der Waals surface area contributed by atoms with E-state index < -0.39 is 0 Å². The van der Waals surface area contributed by atoms with Crippen LogP contribution in [0.15, 0.2) is 18.6 Å². The molecular formula is C8H9N5S. The van der Waals surface area contributed by atoms with Crippen molar-refractivity contribution in [3.63, 3.8) is 0 Å². The molecule has 2 rings (SSSR count). The number of rotatable bonds is 3. The van der Waals surface area contributed by atoms with Crippen LogP contribution in [-0.4, -0.2) is 26.7 Å². The van der Waals surface area contributed by atoms with E-state index in [1.165, 1.54) is 11.3 Å². The average molecular weight is 207 g/mol. The van der Waals surface area contributed by atoms with E-state index in [-0.39, 0.29) is 0 Å². The highest BCUT2D eigenvalue weighted by Gasteiger charge is 2.06. The summed E-state index contributed by atoms with van der Waals surface area (Å²) < 4.78 is 0. The van der Waals surface area contributed by atoms with Crippen molar-refractivity contribution in [3.8, 4) is 10.7 Å². The maximum Gasteiger partial charge on any atom is 0.206 e. The predicted molar refractivity (Wildman–Crippen MR) is 55.1 cm³/mol. The summed E-state index contributed by atoms with van der Waals surface area (Å²) in [4.78, 5) is 8.11. The van der Waals surface area contributed by atoms with Crippen LogP contribution in [-0.2, 0) is 0 Å². The second-order valence-electron chi connectivity index (χ2n) is 2.53. The van der Waals surface area contributed by atoms with Crippen LogP contribution >= 0.6 is 11.3 Å². The third-order valence-electron chi connectivity index (χ3n) is 1.54. The minimum absolute atomic E-state index is 0.758. The number of aromatic nitrogens is 4. The Bertz CT molecular complexity index is 399. The molecule has 0 atom stereocenters. The van der Waals surface area contributed by atoms with E-state index in [2.05, 4.69) is 25.5 Å². The smallest absolute Gasteiger partial charge is 0.206 e. The van der Waals surface area contributed by atoms with Crippen LogP contribution in [0.1, 0.15) is 6.92 Å². The maximum absolute atomic E-state index is 4.14. The Balaban J connectivity index is 2.25. The highest BCUT2D eigenvalue weighted by molar-refractivity contribution is 7.18. The van der Waals surface area contributed by atoms with Gasteiger partial charge in [0.05, 0.1) is 6.20 Å². The van der Waals surface area contributed by atoms with Crippen LogP contribution in [0, 0.1) is 0 Å². The first-order valence-electron chi connectivity index (χ1n) is 4.24. The van der Waals surface area contributed by atoms with Crippen LogP contribution in [0.3, 0.4) is 0 Å². The Kier molecular flexibility index (Phi) is 2.64. The fourth-order valence-corrected chi connectivity index (χ4v) is 1.73. The van der Waals surface area contributed by atoms with Crippen molar-refractivity contribution in [1.82, 2.24) is 20.2 Å². The molecule has 0 saturated carbocycles. The number of nitrogens with zero attached hydrogens (tertiary/aromatic N) is 4. The fraction of sp³-hybridized carbons (Fsp3) is 0.250. The van der Waals surface area contributed by atoms with Gasteiger partial charge < -0.3 is 5.32 Å². The van der Waals surface area contributed by atoms with Crippen LogP contribution < -0.4 is 5.32 Å². The average Bonchev–Trinajstić information content (AvgIpc) is 2.68. The van der Waals surface area contributed by atoms with E-state index in [0.717, 1.165) is 22.4 Å². The summed E-state index contributed by atoms with van der Waals surface area (Å²) in [6.07, 6.45) is 4.95. The van der Waals surface area contributed by atoms with Crippen molar-refractivity contribution in [3.05, 3.63) is 18.6 Å². The molecule has 5 nitrogen and oxygen atoms in total. The van der Waals surface area contributed by atoms with Crippen molar-refractivity contribution in [2.75, 3.05) is 11.9 Å². The first kappa shape index (κ1) is 9.01. The molecule has 0 fully saturated rings. The zero-order chi connectivity index (χ0) is 9.80. The van der Waals surface area contributed by atoms with Gasteiger partial charge in [0.15, 0.2) is 5.01 Å². The fourth-order valence-electron chi connectivity index (χ4n) is 0.959. The van der Waals surface area contributed by atoms with Crippen molar-refractivity contribution >= 4 is 16.5 Å². The van der Waals surface area contributed by atoms with Gasteiger partial charge in [0, 0.05) is 18.9 Å². The molecule has 0 radical (unpaired) electrons. The summed E-state index contributed by atoms with van der Waals surface area (Å²) in [7, 11) is 0. The van der Waals surface area contributed by atoms with Gasteiger partial charge in [-0.15, -0.1) is 10.2 Å². The van der Waals surface area contributed by atoms with Gasteiger partial charge in [-0.1, -0.05) is 11.3 Å². The monoisotopic (exact) mass is 207 g/mol. The molecule has 0 amide bonds. The summed E-state index contributed by atoms with van der Waals surface area (Å²) in [5, 5.41) is 12.7. The molecule has 6 heteroatoms. The van der Waals surface area contributed by atoms with Gasteiger partial charge in [-0.05, 0) is 6.92 Å².